The van der Waals surface area contributed by atoms with E-state index < -0.39 is 5.97 Å². The molecule has 0 aromatic heterocycles. The molecule has 0 amide bonds. The van der Waals surface area contributed by atoms with Crippen LogP contribution in [0, 0.1) is 23.0 Å². The number of carbonyl (C=O) groups is 1. The Morgan fingerprint density at radius 3 is 2.95 bits per heavy atom. The van der Waals surface area contributed by atoms with Crippen LogP contribution in [0.4, 0.5) is 11.4 Å². The van der Waals surface area contributed by atoms with Crippen LogP contribution in [0.2, 0.25) is 0 Å². The summed E-state index contributed by atoms with van der Waals surface area (Å²) in [7, 11) is 0. The Balaban J connectivity index is 2.12. The number of aliphatic carboxylic acids is 1. The predicted molar refractivity (Wildman–Crippen MR) is 79.6 cm³/mol. The Morgan fingerprint density at radius 2 is 2.29 bits per heavy atom. The molecule has 0 spiro atoms. The summed E-state index contributed by atoms with van der Waals surface area (Å²) in [6, 6.07) is 5.13. The van der Waals surface area contributed by atoms with Gasteiger partial charge in [0, 0.05) is 31.3 Å². The number of nitro groups is 1. The van der Waals surface area contributed by atoms with Gasteiger partial charge >= 0.3 is 5.97 Å². The normalized spacial score (nSPS) is 18.5. The first kappa shape index (κ1) is 15.3. The first-order chi connectivity index (χ1) is 9.99. The van der Waals surface area contributed by atoms with Gasteiger partial charge in [-0.15, -0.1) is 0 Å². The topological polar surface area (TPSA) is 83.7 Å². The van der Waals surface area contributed by atoms with E-state index in [4.69, 9.17) is 5.11 Å². The molecule has 0 radical (unpaired) electrons. The molecule has 21 heavy (non-hydrogen) atoms. The maximum atomic E-state index is 11.0. The second kappa shape index (κ2) is 6.56. The first-order valence-corrected chi connectivity index (χ1v) is 7.19. The molecule has 1 fully saturated rings. The molecule has 1 N–H and O–H groups in total. The largest absolute Gasteiger partial charge is 0.481 e. The molecule has 1 aromatic rings. The molecule has 0 aliphatic carbocycles. The van der Waals surface area contributed by atoms with Crippen molar-refractivity contribution < 1.29 is 14.8 Å². The van der Waals surface area contributed by atoms with Crippen LogP contribution in [0.15, 0.2) is 18.2 Å². The highest BCUT2D eigenvalue weighted by molar-refractivity contribution is 5.66. The van der Waals surface area contributed by atoms with Gasteiger partial charge < -0.3 is 10.0 Å². The second-order valence-electron chi connectivity index (χ2n) is 5.57. The van der Waals surface area contributed by atoms with Crippen molar-refractivity contribution in [2.75, 3.05) is 18.0 Å². The second-order valence-corrected chi connectivity index (χ2v) is 5.57. The summed E-state index contributed by atoms with van der Waals surface area (Å²) in [5.41, 5.74) is 1.71. The first-order valence-electron chi connectivity index (χ1n) is 7.19. The van der Waals surface area contributed by atoms with E-state index >= 15 is 0 Å². The van der Waals surface area contributed by atoms with E-state index in [1.807, 2.05) is 6.07 Å². The van der Waals surface area contributed by atoms with Gasteiger partial charge in [0.25, 0.3) is 5.69 Å². The van der Waals surface area contributed by atoms with Crippen LogP contribution >= 0.6 is 0 Å². The lowest BCUT2D eigenvalue weighted by molar-refractivity contribution is -0.385. The lowest BCUT2D eigenvalue weighted by Crippen LogP contribution is -2.36. The predicted octanol–water partition coefficient (Wildman–Crippen LogP) is 2.98. The van der Waals surface area contributed by atoms with Crippen molar-refractivity contribution in [3.63, 3.8) is 0 Å². The maximum absolute atomic E-state index is 11.0. The van der Waals surface area contributed by atoms with Crippen molar-refractivity contribution in [3.8, 4) is 0 Å². The summed E-state index contributed by atoms with van der Waals surface area (Å²) in [5.74, 6) is -0.424. The van der Waals surface area contributed by atoms with Gasteiger partial charge in [0.1, 0.15) is 0 Å². The number of rotatable bonds is 5. The Hall–Kier alpha value is -2.11. The van der Waals surface area contributed by atoms with Gasteiger partial charge in [-0.05, 0) is 38.2 Å². The van der Waals surface area contributed by atoms with Crippen LogP contribution in [0.1, 0.15) is 31.2 Å². The fourth-order valence-corrected chi connectivity index (χ4v) is 3.00. The molecule has 1 heterocycles. The monoisotopic (exact) mass is 292 g/mol. The third-order valence-corrected chi connectivity index (χ3v) is 4.10. The molecule has 0 saturated carbocycles. The van der Waals surface area contributed by atoms with E-state index in [0.29, 0.717) is 17.9 Å². The number of hydrogen-bond donors (Lipinski definition) is 1. The molecule has 1 unspecified atom stereocenters. The van der Waals surface area contributed by atoms with Crippen LogP contribution in [0.3, 0.4) is 0 Å². The van der Waals surface area contributed by atoms with E-state index in [-0.39, 0.29) is 17.0 Å². The fourth-order valence-electron chi connectivity index (χ4n) is 3.00. The molecule has 1 aliphatic rings. The summed E-state index contributed by atoms with van der Waals surface area (Å²) in [5, 5.41) is 19.8. The standard InChI is InChI=1S/C15H20N2O4/c1-11-13(5-2-6-14(11)17(20)21)16-9-3-4-12(10-16)7-8-15(18)19/h2,5-6,12H,3-4,7-10H2,1H3,(H,18,19). The molecule has 1 atom stereocenters. The molecule has 6 heteroatoms. The zero-order chi connectivity index (χ0) is 15.4. The van der Waals surface area contributed by atoms with Crippen LogP contribution in [-0.2, 0) is 4.79 Å². The number of nitro benzene ring substituents is 1. The van der Waals surface area contributed by atoms with E-state index in [9.17, 15) is 14.9 Å². The molecule has 6 nitrogen and oxygen atoms in total. The molecule has 1 aromatic carbocycles. The lowest BCUT2D eigenvalue weighted by Gasteiger charge is -2.35. The summed E-state index contributed by atoms with van der Waals surface area (Å²) < 4.78 is 0. The zero-order valence-electron chi connectivity index (χ0n) is 12.1. The fraction of sp³-hybridized carbons (Fsp3) is 0.533. The molecule has 0 bridgehead atoms. The van der Waals surface area contributed by atoms with Crippen LogP contribution in [0.5, 0.6) is 0 Å². The van der Waals surface area contributed by atoms with Crippen molar-refractivity contribution in [1.82, 2.24) is 0 Å². The third-order valence-electron chi connectivity index (χ3n) is 4.10. The summed E-state index contributed by atoms with van der Waals surface area (Å²) in [6.07, 6.45) is 2.87. The van der Waals surface area contributed by atoms with Crippen molar-refractivity contribution in [3.05, 3.63) is 33.9 Å². The van der Waals surface area contributed by atoms with Crippen LogP contribution in [-0.4, -0.2) is 29.1 Å². The lowest BCUT2D eigenvalue weighted by atomic mass is 9.92. The number of piperidine rings is 1. The number of anilines is 1. The van der Waals surface area contributed by atoms with Gasteiger partial charge in [-0.25, -0.2) is 0 Å². The Bertz CT molecular complexity index is 544. The Kier molecular flexibility index (Phi) is 4.77. The quantitative estimate of drug-likeness (QED) is 0.666. The summed E-state index contributed by atoms with van der Waals surface area (Å²) in [6.45, 7) is 3.41. The van der Waals surface area contributed by atoms with Gasteiger partial charge in [0.05, 0.1) is 10.5 Å². The highest BCUT2D eigenvalue weighted by Crippen LogP contribution is 2.32. The highest BCUT2D eigenvalue weighted by Gasteiger charge is 2.24. The average Bonchev–Trinajstić information content (AvgIpc) is 2.45. The third kappa shape index (κ3) is 3.71. The number of nitrogens with zero attached hydrogens (tertiary/aromatic N) is 2. The molecular weight excluding hydrogens is 272 g/mol. The molecule has 1 aliphatic heterocycles. The van der Waals surface area contributed by atoms with E-state index in [1.54, 1.807) is 13.0 Å². The molecule has 1 saturated heterocycles. The molecule has 114 valence electrons. The number of benzene rings is 1. The summed E-state index contributed by atoms with van der Waals surface area (Å²) in [4.78, 5) is 23.5. The van der Waals surface area contributed by atoms with E-state index in [1.165, 1.54) is 6.07 Å². The number of carboxylic acids is 1. The zero-order valence-corrected chi connectivity index (χ0v) is 12.1. The SMILES string of the molecule is Cc1c(N2CCCC(CCC(=O)O)C2)cccc1[N+](=O)[O-]. The maximum Gasteiger partial charge on any atom is 0.303 e. The summed E-state index contributed by atoms with van der Waals surface area (Å²) >= 11 is 0. The van der Waals surface area contributed by atoms with Crippen LogP contribution in [0.25, 0.3) is 0 Å². The minimum absolute atomic E-state index is 0.139. The van der Waals surface area contributed by atoms with Crippen molar-refractivity contribution in [2.45, 2.75) is 32.6 Å². The minimum Gasteiger partial charge on any atom is -0.481 e. The van der Waals surface area contributed by atoms with Gasteiger partial charge in [-0.2, -0.15) is 0 Å². The van der Waals surface area contributed by atoms with E-state index in [2.05, 4.69) is 4.90 Å². The molecule has 2 rings (SSSR count). The minimum atomic E-state index is -0.765. The smallest absolute Gasteiger partial charge is 0.303 e. The van der Waals surface area contributed by atoms with Gasteiger partial charge in [-0.3, -0.25) is 14.9 Å². The average molecular weight is 292 g/mol. The molecular formula is C15H20N2O4. The highest BCUT2D eigenvalue weighted by atomic mass is 16.6. The Labute approximate surface area is 123 Å². The van der Waals surface area contributed by atoms with Gasteiger partial charge in [-0.1, -0.05) is 6.07 Å². The van der Waals surface area contributed by atoms with Crippen molar-refractivity contribution >= 4 is 17.3 Å². The van der Waals surface area contributed by atoms with Gasteiger partial charge in [0.15, 0.2) is 0 Å². The Morgan fingerprint density at radius 1 is 1.52 bits per heavy atom. The van der Waals surface area contributed by atoms with Gasteiger partial charge in [0.2, 0.25) is 0 Å². The van der Waals surface area contributed by atoms with E-state index in [0.717, 1.165) is 31.6 Å². The van der Waals surface area contributed by atoms with Crippen molar-refractivity contribution in [1.29, 1.82) is 0 Å². The van der Waals surface area contributed by atoms with Crippen LogP contribution < -0.4 is 4.90 Å². The van der Waals surface area contributed by atoms with Crippen molar-refractivity contribution in [2.24, 2.45) is 5.92 Å². The number of carboxylic acid groups (broad SMARTS) is 1. The number of hydrogen-bond acceptors (Lipinski definition) is 4.